The van der Waals surface area contributed by atoms with Crippen LogP contribution in [0.15, 0.2) is 12.3 Å². The third-order valence-corrected chi connectivity index (χ3v) is 4.89. The van der Waals surface area contributed by atoms with Gasteiger partial charge in [-0.2, -0.15) is 5.10 Å². The fourth-order valence-electron chi connectivity index (χ4n) is 3.64. The van der Waals surface area contributed by atoms with Crippen LogP contribution in [0.1, 0.15) is 25.7 Å². The second-order valence-electron chi connectivity index (χ2n) is 6.16. The van der Waals surface area contributed by atoms with Crippen molar-refractivity contribution in [3.05, 3.63) is 12.3 Å². The van der Waals surface area contributed by atoms with Crippen LogP contribution in [0, 0.1) is 11.3 Å². The molecule has 7 nitrogen and oxygen atoms in total. The van der Waals surface area contributed by atoms with Gasteiger partial charge in [0.05, 0.1) is 12.5 Å². The fraction of sp³-hybridized carbons (Fsp3) is 0.667. The Kier molecular flexibility index (Phi) is 4.15. The van der Waals surface area contributed by atoms with E-state index in [1.807, 2.05) is 0 Å². The van der Waals surface area contributed by atoms with Crippen molar-refractivity contribution in [2.24, 2.45) is 11.3 Å². The molecule has 0 unspecified atom stereocenters. The molecular weight excluding hydrogens is 284 g/mol. The van der Waals surface area contributed by atoms with Gasteiger partial charge in [-0.15, -0.1) is 0 Å². The van der Waals surface area contributed by atoms with E-state index < -0.39 is 0 Å². The van der Waals surface area contributed by atoms with E-state index in [9.17, 15) is 9.59 Å². The Morgan fingerprint density at radius 2 is 2.41 bits per heavy atom. The molecule has 2 fully saturated rings. The second kappa shape index (κ2) is 6.08. The highest BCUT2D eigenvalue weighted by Crippen LogP contribution is 2.44. The van der Waals surface area contributed by atoms with Gasteiger partial charge in [-0.05, 0) is 25.3 Å². The molecule has 1 aliphatic carbocycles. The van der Waals surface area contributed by atoms with Gasteiger partial charge < -0.3 is 15.4 Å². The van der Waals surface area contributed by atoms with Gasteiger partial charge in [-0.1, -0.05) is 12.8 Å². The summed E-state index contributed by atoms with van der Waals surface area (Å²) in [6, 6.07) is 1.71. The van der Waals surface area contributed by atoms with Crippen LogP contribution in [0.25, 0.3) is 0 Å². The van der Waals surface area contributed by atoms with E-state index in [2.05, 4.69) is 20.5 Å². The van der Waals surface area contributed by atoms with E-state index in [4.69, 9.17) is 0 Å². The number of methoxy groups -OCH3 is 1. The van der Waals surface area contributed by atoms with Crippen LogP contribution in [0.4, 0.5) is 5.82 Å². The molecule has 2 N–H and O–H groups in total. The van der Waals surface area contributed by atoms with Gasteiger partial charge >= 0.3 is 5.97 Å². The van der Waals surface area contributed by atoms with E-state index in [1.165, 1.54) is 18.2 Å². The molecule has 7 heteroatoms. The second-order valence-corrected chi connectivity index (χ2v) is 6.16. The molecule has 0 bridgehead atoms. The third-order valence-electron chi connectivity index (χ3n) is 4.89. The topological polar surface area (TPSA) is 85.2 Å². The maximum absolute atomic E-state index is 12.8. The van der Waals surface area contributed by atoms with Gasteiger partial charge in [-0.25, -0.2) is 0 Å². The number of anilines is 1. The van der Waals surface area contributed by atoms with Crippen LogP contribution in [0.2, 0.25) is 0 Å². The molecule has 0 spiro atoms. The van der Waals surface area contributed by atoms with Gasteiger partial charge in [0.2, 0.25) is 5.91 Å². The number of hydrogen-bond donors (Lipinski definition) is 2. The van der Waals surface area contributed by atoms with Crippen molar-refractivity contribution >= 4 is 17.7 Å². The van der Waals surface area contributed by atoms with E-state index in [0.29, 0.717) is 11.7 Å². The van der Waals surface area contributed by atoms with E-state index in [-0.39, 0.29) is 23.8 Å². The molecule has 3 rings (SSSR count). The van der Waals surface area contributed by atoms with Gasteiger partial charge in [0, 0.05) is 18.8 Å². The number of aromatic nitrogens is 2. The Hall–Kier alpha value is -1.89. The summed E-state index contributed by atoms with van der Waals surface area (Å²) in [6.07, 6.45) is 6.00. The molecule has 1 amide bonds. The van der Waals surface area contributed by atoms with Gasteiger partial charge in [0.15, 0.2) is 5.82 Å². The van der Waals surface area contributed by atoms with Crippen molar-refractivity contribution in [1.82, 2.24) is 15.1 Å². The first-order chi connectivity index (χ1) is 10.6. The van der Waals surface area contributed by atoms with Gasteiger partial charge in [0.25, 0.3) is 0 Å². The summed E-state index contributed by atoms with van der Waals surface area (Å²) in [6.45, 7) is 1.71. The Morgan fingerprint density at radius 1 is 1.55 bits per heavy atom. The lowest BCUT2D eigenvalue weighted by atomic mass is 9.67. The van der Waals surface area contributed by atoms with Crippen LogP contribution in [-0.2, 0) is 20.9 Å². The lowest BCUT2D eigenvalue weighted by Crippen LogP contribution is -2.44. The minimum absolute atomic E-state index is 0.0433. The predicted octanol–water partition coefficient (Wildman–Crippen LogP) is 0.774. The number of carbonyl (C=O) groups is 2. The molecule has 2 heterocycles. The number of hydrogen-bond acceptors (Lipinski definition) is 5. The molecule has 1 saturated carbocycles. The minimum Gasteiger partial charge on any atom is -0.468 e. The summed E-state index contributed by atoms with van der Waals surface area (Å²) in [5.74, 6) is 0.579. The van der Waals surface area contributed by atoms with Crippen LogP contribution in [0.5, 0.6) is 0 Å². The molecule has 1 saturated heterocycles. The third kappa shape index (κ3) is 2.72. The highest BCUT2D eigenvalue weighted by Gasteiger charge is 2.49. The maximum Gasteiger partial charge on any atom is 0.327 e. The number of ether oxygens (including phenoxy) is 1. The normalized spacial score (nSPS) is 27.2. The number of carbonyl (C=O) groups excluding carboxylic acids is 2. The van der Waals surface area contributed by atoms with Crippen molar-refractivity contribution in [3.63, 3.8) is 0 Å². The van der Waals surface area contributed by atoms with Crippen LogP contribution in [-0.4, -0.2) is 41.9 Å². The summed E-state index contributed by atoms with van der Waals surface area (Å²) in [5.41, 5.74) is -0.301. The summed E-state index contributed by atoms with van der Waals surface area (Å²) < 4.78 is 6.06. The SMILES string of the molecule is COC(=O)Cn1ccc(NC(=O)[C@@]23CCCC[C@H]2CNC3)n1. The summed E-state index contributed by atoms with van der Waals surface area (Å²) in [7, 11) is 1.34. The lowest BCUT2D eigenvalue weighted by molar-refractivity contribution is -0.141. The first-order valence-corrected chi connectivity index (χ1v) is 7.76. The van der Waals surface area contributed by atoms with E-state index >= 15 is 0 Å². The number of amides is 1. The molecule has 0 aromatic carbocycles. The average Bonchev–Trinajstić information content (AvgIpc) is 3.14. The summed E-state index contributed by atoms with van der Waals surface area (Å²) in [4.78, 5) is 24.0. The zero-order valence-electron chi connectivity index (χ0n) is 12.8. The Morgan fingerprint density at radius 3 is 3.23 bits per heavy atom. The average molecular weight is 306 g/mol. The summed E-state index contributed by atoms with van der Waals surface area (Å²) in [5, 5.41) is 10.5. The van der Waals surface area contributed by atoms with Crippen molar-refractivity contribution in [1.29, 1.82) is 0 Å². The molecule has 120 valence electrons. The standard InChI is InChI=1S/C15H22N4O3/c1-22-13(20)9-19-7-5-12(18-19)17-14(21)15-6-3-2-4-11(15)8-16-10-15/h5,7,11,16H,2-4,6,8-10H2,1H3,(H,17,18,21)/t11-,15+/m0/s1. The molecular formula is C15H22N4O3. The highest BCUT2D eigenvalue weighted by molar-refractivity contribution is 5.95. The largest absolute Gasteiger partial charge is 0.468 e. The molecule has 2 aliphatic rings. The van der Waals surface area contributed by atoms with E-state index in [1.54, 1.807) is 12.3 Å². The van der Waals surface area contributed by atoms with Crippen molar-refractivity contribution in [3.8, 4) is 0 Å². The molecule has 1 aromatic rings. The lowest BCUT2D eigenvalue weighted by Gasteiger charge is -2.36. The minimum atomic E-state index is -0.369. The monoisotopic (exact) mass is 306 g/mol. The number of esters is 1. The summed E-state index contributed by atoms with van der Waals surface area (Å²) >= 11 is 0. The molecule has 22 heavy (non-hydrogen) atoms. The van der Waals surface area contributed by atoms with Crippen LogP contribution < -0.4 is 10.6 Å². The molecule has 1 aromatic heterocycles. The van der Waals surface area contributed by atoms with Crippen LogP contribution >= 0.6 is 0 Å². The predicted molar refractivity (Wildman–Crippen MR) is 80.1 cm³/mol. The number of nitrogens with one attached hydrogen (secondary N) is 2. The maximum atomic E-state index is 12.8. The smallest absolute Gasteiger partial charge is 0.327 e. The highest BCUT2D eigenvalue weighted by atomic mass is 16.5. The molecule has 0 radical (unpaired) electrons. The van der Waals surface area contributed by atoms with Crippen LogP contribution in [0.3, 0.4) is 0 Å². The number of nitrogens with zero attached hydrogens (tertiary/aromatic N) is 2. The Balaban J connectivity index is 1.67. The zero-order chi connectivity index (χ0) is 15.6. The molecule has 2 atom stereocenters. The van der Waals surface area contributed by atoms with Crippen molar-refractivity contribution in [2.45, 2.75) is 32.2 Å². The Bertz CT molecular complexity index is 571. The number of fused-ring (bicyclic) bond motifs is 1. The first kappa shape index (κ1) is 15.0. The Labute approximate surface area is 129 Å². The van der Waals surface area contributed by atoms with Crippen molar-refractivity contribution < 1.29 is 14.3 Å². The van der Waals surface area contributed by atoms with Gasteiger partial charge in [0.1, 0.15) is 6.54 Å². The van der Waals surface area contributed by atoms with Gasteiger partial charge in [-0.3, -0.25) is 14.3 Å². The quantitative estimate of drug-likeness (QED) is 0.803. The van der Waals surface area contributed by atoms with E-state index in [0.717, 1.165) is 32.4 Å². The zero-order valence-corrected chi connectivity index (χ0v) is 12.8. The molecule has 1 aliphatic heterocycles. The first-order valence-electron chi connectivity index (χ1n) is 7.76. The number of rotatable bonds is 4. The van der Waals surface area contributed by atoms with Crippen molar-refractivity contribution in [2.75, 3.05) is 25.5 Å². The fourth-order valence-corrected chi connectivity index (χ4v) is 3.64.